The van der Waals surface area contributed by atoms with Crippen LogP contribution in [0.2, 0.25) is 5.02 Å². The number of nitrogens with two attached hydrogens (primary N) is 1. The van der Waals surface area contributed by atoms with E-state index in [-0.39, 0.29) is 28.6 Å². The Morgan fingerprint density at radius 1 is 1.37 bits per heavy atom. The summed E-state index contributed by atoms with van der Waals surface area (Å²) in [5, 5.41) is 2.96. The van der Waals surface area contributed by atoms with Gasteiger partial charge in [-0.15, -0.1) is 0 Å². The number of anilines is 1. The zero-order valence-electron chi connectivity index (χ0n) is 11.1. The van der Waals surface area contributed by atoms with Gasteiger partial charge >= 0.3 is 5.97 Å². The number of esters is 1. The molecule has 1 aromatic carbocycles. The molecule has 0 aliphatic heterocycles. The molecule has 5 nitrogen and oxygen atoms in total. The lowest BCUT2D eigenvalue weighted by atomic mass is 10.1. The molecule has 0 heterocycles. The quantitative estimate of drug-likeness (QED) is 0.657. The highest BCUT2D eigenvalue weighted by Gasteiger charge is 2.16. The Kier molecular flexibility index (Phi) is 4.78. The second kappa shape index (κ2) is 5.93. The molecule has 1 rings (SSSR count). The number of benzene rings is 1. The van der Waals surface area contributed by atoms with Gasteiger partial charge in [0.2, 0.25) is 0 Å². The van der Waals surface area contributed by atoms with Crippen LogP contribution >= 0.6 is 11.6 Å². The number of nitrogen functional groups attached to an aromatic ring is 1. The molecule has 19 heavy (non-hydrogen) atoms. The van der Waals surface area contributed by atoms with E-state index in [0.29, 0.717) is 5.69 Å². The van der Waals surface area contributed by atoms with E-state index in [2.05, 4.69) is 5.32 Å². The van der Waals surface area contributed by atoms with Gasteiger partial charge in [-0.05, 0) is 39.0 Å². The highest BCUT2D eigenvalue weighted by molar-refractivity contribution is 6.33. The second-order valence-electron chi connectivity index (χ2n) is 5.11. The maximum atomic E-state index is 11.7. The Hall–Kier alpha value is -1.75. The normalized spacial score (nSPS) is 10.9. The average Bonchev–Trinajstić information content (AvgIpc) is 2.27. The molecule has 0 aliphatic rings. The summed E-state index contributed by atoms with van der Waals surface area (Å²) < 4.78 is 4.88. The fourth-order valence-electron chi connectivity index (χ4n) is 1.32. The summed E-state index contributed by atoms with van der Waals surface area (Å²) >= 11 is 5.80. The first-order valence-corrected chi connectivity index (χ1v) is 6.10. The zero-order valence-corrected chi connectivity index (χ0v) is 11.9. The Morgan fingerprint density at radius 3 is 2.53 bits per heavy atom. The number of carbonyl (C=O) groups excluding carboxylic acids is 2. The average molecular weight is 285 g/mol. The van der Waals surface area contributed by atoms with Crippen molar-refractivity contribution in [3.63, 3.8) is 0 Å². The van der Waals surface area contributed by atoms with Crippen LogP contribution in [-0.2, 0) is 9.53 Å². The molecular weight excluding hydrogens is 268 g/mol. The van der Waals surface area contributed by atoms with E-state index in [0.717, 1.165) is 0 Å². The van der Waals surface area contributed by atoms with Gasteiger partial charge in [0, 0.05) is 5.54 Å². The summed E-state index contributed by atoms with van der Waals surface area (Å²) in [5.74, 6) is -0.978. The van der Waals surface area contributed by atoms with E-state index in [1.165, 1.54) is 18.2 Å². The van der Waals surface area contributed by atoms with Crippen LogP contribution in [0.3, 0.4) is 0 Å². The van der Waals surface area contributed by atoms with Gasteiger partial charge in [-0.3, -0.25) is 4.79 Å². The number of rotatable bonds is 3. The minimum absolute atomic E-state index is 0.253. The molecule has 0 spiro atoms. The highest BCUT2D eigenvalue weighted by Crippen LogP contribution is 2.20. The molecular formula is C13H17ClN2O3. The lowest BCUT2D eigenvalue weighted by molar-refractivity contribution is -0.125. The van der Waals surface area contributed by atoms with Crippen molar-refractivity contribution in [3.8, 4) is 0 Å². The number of carbonyl (C=O) groups is 2. The van der Waals surface area contributed by atoms with E-state index < -0.39 is 5.97 Å². The zero-order chi connectivity index (χ0) is 14.6. The van der Waals surface area contributed by atoms with Crippen molar-refractivity contribution >= 4 is 29.2 Å². The maximum Gasteiger partial charge on any atom is 0.338 e. The third-order valence-electron chi connectivity index (χ3n) is 2.08. The van der Waals surface area contributed by atoms with Crippen LogP contribution in [-0.4, -0.2) is 24.0 Å². The van der Waals surface area contributed by atoms with E-state index in [4.69, 9.17) is 22.1 Å². The monoisotopic (exact) mass is 284 g/mol. The molecule has 3 N–H and O–H groups in total. The second-order valence-corrected chi connectivity index (χ2v) is 5.52. The van der Waals surface area contributed by atoms with Crippen molar-refractivity contribution < 1.29 is 14.3 Å². The molecule has 0 radical (unpaired) electrons. The predicted molar refractivity (Wildman–Crippen MR) is 74.0 cm³/mol. The Morgan fingerprint density at radius 2 is 2.00 bits per heavy atom. The van der Waals surface area contributed by atoms with Crippen LogP contribution in [0.15, 0.2) is 18.2 Å². The first-order valence-electron chi connectivity index (χ1n) is 5.72. The molecule has 1 aromatic rings. The van der Waals surface area contributed by atoms with Gasteiger partial charge in [0.15, 0.2) is 6.61 Å². The molecule has 0 bridgehead atoms. The number of amides is 1. The van der Waals surface area contributed by atoms with E-state index in [1.807, 2.05) is 20.8 Å². The van der Waals surface area contributed by atoms with Crippen molar-refractivity contribution in [2.75, 3.05) is 12.3 Å². The molecule has 0 aromatic heterocycles. The lowest BCUT2D eigenvalue weighted by Gasteiger charge is -2.20. The van der Waals surface area contributed by atoms with Gasteiger partial charge in [-0.1, -0.05) is 11.6 Å². The van der Waals surface area contributed by atoms with Crippen molar-refractivity contribution in [1.29, 1.82) is 0 Å². The predicted octanol–water partition coefficient (Wildman–Crippen LogP) is 1.99. The summed E-state index contributed by atoms with van der Waals surface area (Å²) in [4.78, 5) is 23.2. The van der Waals surface area contributed by atoms with Crippen LogP contribution in [0.5, 0.6) is 0 Å². The van der Waals surface area contributed by atoms with Gasteiger partial charge < -0.3 is 15.8 Å². The van der Waals surface area contributed by atoms with E-state index >= 15 is 0 Å². The molecule has 0 atom stereocenters. The molecule has 0 unspecified atom stereocenters. The van der Waals surface area contributed by atoms with Crippen molar-refractivity contribution in [1.82, 2.24) is 5.32 Å². The molecule has 0 fully saturated rings. The molecule has 1 amide bonds. The number of nitrogens with one attached hydrogen (secondary N) is 1. The minimum atomic E-state index is -0.619. The fraction of sp³-hybridized carbons (Fsp3) is 0.385. The highest BCUT2D eigenvalue weighted by atomic mass is 35.5. The Bertz CT molecular complexity index is 495. The standard InChI is InChI=1S/C13H17ClN2O3/c1-13(2,3)16-11(17)7-19-12(18)8-4-5-10(15)9(14)6-8/h4-6H,7,15H2,1-3H3,(H,16,17). The summed E-state index contributed by atoms with van der Waals surface area (Å²) in [6.45, 7) is 5.18. The number of ether oxygens (including phenoxy) is 1. The smallest absolute Gasteiger partial charge is 0.338 e. The van der Waals surface area contributed by atoms with Crippen LogP contribution in [0, 0.1) is 0 Å². The third kappa shape index (κ3) is 5.18. The van der Waals surface area contributed by atoms with Crippen molar-refractivity contribution in [2.24, 2.45) is 0 Å². The van der Waals surface area contributed by atoms with Gasteiger partial charge in [0.05, 0.1) is 16.3 Å². The van der Waals surface area contributed by atoms with E-state index in [1.54, 1.807) is 0 Å². The van der Waals surface area contributed by atoms with Gasteiger partial charge in [-0.25, -0.2) is 4.79 Å². The molecule has 104 valence electrons. The Labute approximate surface area is 117 Å². The fourth-order valence-corrected chi connectivity index (χ4v) is 1.50. The topological polar surface area (TPSA) is 81.4 Å². The van der Waals surface area contributed by atoms with Crippen LogP contribution in [0.1, 0.15) is 31.1 Å². The van der Waals surface area contributed by atoms with Crippen molar-refractivity contribution in [2.45, 2.75) is 26.3 Å². The third-order valence-corrected chi connectivity index (χ3v) is 2.41. The first kappa shape index (κ1) is 15.3. The van der Waals surface area contributed by atoms with Gasteiger partial charge in [0.25, 0.3) is 5.91 Å². The van der Waals surface area contributed by atoms with Crippen LogP contribution in [0.4, 0.5) is 5.69 Å². The molecule has 0 saturated heterocycles. The summed E-state index contributed by atoms with van der Waals surface area (Å²) in [6, 6.07) is 4.40. The first-order chi connectivity index (χ1) is 8.69. The number of hydrogen-bond donors (Lipinski definition) is 2. The van der Waals surface area contributed by atoms with Gasteiger partial charge in [0.1, 0.15) is 0 Å². The molecule has 6 heteroatoms. The summed E-state index contributed by atoms with van der Waals surface area (Å²) in [6.07, 6.45) is 0. The van der Waals surface area contributed by atoms with Gasteiger partial charge in [-0.2, -0.15) is 0 Å². The number of halogens is 1. The summed E-state index contributed by atoms with van der Waals surface area (Å²) in [7, 11) is 0. The van der Waals surface area contributed by atoms with Crippen LogP contribution < -0.4 is 11.1 Å². The summed E-state index contributed by atoms with van der Waals surface area (Å²) in [5.41, 5.74) is 5.80. The largest absolute Gasteiger partial charge is 0.452 e. The SMILES string of the molecule is CC(C)(C)NC(=O)COC(=O)c1ccc(N)c(Cl)c1. The van der Waals surface area contributed by atoms with Crippen molar-refractivity contribution in [3.05, 3.63) is 28.8 Å². The Balaban J connectivity index is 2.56. The minimum Gasteiger partial charge on any atom is -0.452 e. The van der Waals surface area contributed by atoms with E-state index in [9.17, 15) is 9.59 Å². The van der Waals surface area contributed by atoms with Crippen LogP contribution in [0.25, 0.3) is 0 Å². The molecule has 0 aliphatic carbocycles. The lowest BCUT2D eigenvalue weighted by Crippen LogP contribution is -2.42. The molecule has 0 saturated carbocycles. The number of hydrogen-bond acceptors (Lipinski definition) is 4. The maximum absolute atomic E-state index is 11.7.